The molecule has 2 N–H and O–H groups in total. The largest absolute Gasteiger partial charge is 0.506 e. The fourth-order valence-corrected chi connectivity index (χ4v) is 4.93. The summed E-state index contributed by atoms with van der Waals surface area (Å²) in [6, 6.07) is 23.4. The Kier molecular flexibility index (Phi) is 7.46. The highest BCUT2D eigenvalue weighted by Crippen LogP contribution is 2.37. The van der Waals surface area contributed by atoms with Gasteiger partial charge >= 0.3 is 0 Å². The summed E-state index contributed by atoms with van der Waals surface area (Å²) in [4.78, 5) is 17.3. The van der Waals surface area contributed by atoms with Crippen LogP contribution in [-0.4, -0.2) is 28.6 Å². The number of nitrogens with zero attached hydrogens (tertiary/aromatic N) is 1. The Morgan fingerprint density at radius 1 is 0.972 bits per heavy atom. The molecule has 1 heterocycles. The van der Waals surface area contributed by atoms with E-state index in [1.54, 1.807) is 12.3 Å². The number of aryl methyl sites for hydroxylation is 1. The summed E-state index contributed by atoms with van der Waals surface area (Å²) in [6.07, 6.45) is 9.31. The maximum atomic E-state index is 13.0. The highest BCUT2D eigenvalue weighted by molar-refractivity contribution is 5.97. The van der Waals surface area contributed by atoms with Gasteiger partial charge in [-0.05, 0) is 86.1 Å². The number of aromatic hydroxyl groups is 1. The molecule has 1 aromatic heterocycles. The molecule has 1 saturated carbocycles. The average molecular weight is 481 g/mol. The smallest absolute Gasteiger partial charge is 0.251 e. The van der Waals surface area contributed by atoms with E-state index < -0.39 is 0 Å². The Hall–Kier alpha value is -3.86. The van der Waals surface area contributed by atoms with Gasteiger partial charge in [-0.1, -0.05) is 42.8 Å². The van der Waals surface area contributed by atoms with Gasteiger partial charge in [0.15, 0.2) is 0 Å². The number of phenols is 1. The number of phenolic OH excluding ortho intramolecular Hbond substituents is 1. The molecule has 36 heavy (non-hydrogen) atoms. The van der Waals surface area contributed by atoms with Crippen LogP contribution in [0.5, 0.6) is 11.5 Å². The summed E-state index contributed by atoms with van der Waals surface area (Å²) >= 11 is 0. The van der Waals surface area contributed by atoms with E-state index in [9.17, 15) is 9.90 Å². The molecule has 0 atom stereocenters. The summed E-state index contributed by atoms with van der Waals surface area (Å²) in [5, 5.41) is 14.5. The monoisotopic (exact) mass is 480 g/mol. The number of rotatable bonds is 8. The predicted molar refractivity (Wildman–Crippen MR) is 143 cm³/mol. The van der Waals surface area contributed by atoms with Crippen LogP contribution < -0.4 is 10.1 Å². The summed E-state index contributed by atoms with van der Waals surface area (Å²) in [5.41, 5.74) is 4.01. The van der Waals surface area contributed by atoms with Gasteiger partial charge < -0.3 is 15.2 Å². The fourth-order valence-electron chi connectivity index (χ4n) is 4.93. The van der Waals surface area contributed by atoms with E-state index in [-0.39, 0.29) is 17.8 Å². The Labute approximate surface area is 212 Å². The van der Waals surface area contributed by atoms with Gasteiger partial charge in [0.05, 0.1) is 6.10 Å². The molecule has 4 aromatic rings. The van der Waals surface area contributed by atoms with Crippen LogP contribution in [0, 0.1) is 0 Å². The molecule has 0 unspecified atom stereocenters. The van der Waals surface area contributed by atoms with Crippen molar-refractivity contribution in [3.8, 4) is 22.6 Å². The zero-order valence-corrected chi connectivity index (χ0v) is 20.5. The van der Waals surface area contributed by atoms with Crippen LogP contribution in [0.2, 0.25) is 0 Å². The van der Waals surface area contributed by atoms with Gasteiger partial charge in [-0.15, -0.1) is 0 Å². The van der Waals surface area contributed by atoms with E-state index >= 15 is 0 Å². The fraction of sp³-hybridized carbons (Fsp3) is 0.290. The molecule has 5 rings (SSSR count). The third kappa shape index (κ3) is 5.68. The Morgan fingerprint density at radius 2 is 1.81 bits per heavy atom. The van der Waals surface area contributed by atoms with Crippen LogP contribution in [0.15, 0.2) is 79.0 Å². The van der Waals surface area contributed by atoms with Crippen molar-refractivity contribution in [2.75, 3.05) is 6.54 Å². The molecule has 5 nitrogen and oxygen atoms in total. The topological polar surface area (TPSA) is 71.5 Å². The minimum atomic E-state index is -0.111. The minimum Gasteiger partial charge on any atom is -0.506 e. The van der Waals surface area contributed by atoms with Crippen LogP contribution in [-0.2, 0) is 6.42 Å². The summed E-state index contributed by atoms with van der Waals surface area (Å²) in [5.74, 6) is 0.743. The van der Waals surface area contributed by atoms with Crippen molar-refractivity contribution in [2.45, 2.75) is 51.0 Å². The lowest BCUT2D eigenvalue weighted by molar-refractivity contribution is 0.0953. The lowest BCUT2D eigenvalue weighted by atomic mass is 9.96. The van der Waals surface area contributed by atoms with Crippen LogP contribution in [0.25, 0.3) is 22.0 Å². The van der Waals surface area contributed by atoms with Crippen molar-refractivity contribution in [3.63, 3.8) is 0 Å². The summed E-state index contributed by atoms with van der Waals surface area (Å²) < 4.78 is 6.45. The molecule has 3 aromatic carbocycles. The van der Waals surface area contributed by atoms with Gasteiger partial charge in [0.25, 0.3) is 5.91 Å². The molecule has 0 spiro atoms. The molecule has 5 heteroatoms. The molecule has 1 aliphatic rings. The normalized spacial score (nSPS) is 14.0. The number of nitrogens with one attached hydrogen (secondary N) is 1. The van der Waals surface area contributed by atoms with E-state index in [0.29, 0.717) is 17.6 Å². The minimum absolute atomic E-state index is 0.111. The average Bonchev–Trinajstić information content (AvgIpc) is 2.92. The number of hydrogen-bond donors (Lipinski definition) is 2. The molecule has 184 valence electrons. The second-order valence-corrected chi connectivity index (χ2v) is 9.50. The first-order chi connectivity index (χ1) is 17.7. The molecule has 1 fully saturated rings. The Bertz CT molecular complexity index is 1330. The number of pyridine rings is 1. The first-order valence-corrected chi connectivity index (χ1v) is 12.9. The molecular formula is C31H32N2O3. The van der Waals surface area contributed by atoms with E-state index in [1.165, 1.54) is 24.8 Å². The van der Waals surface area contributed by atoms with Crippen LogP contribution in [0.3, 0.4) is 0 Å². The third-order valence-corrected chi connectivity index (χ3v) is 6.85. The number of carbonyl (C=O) groups is 1. The first kappa shape index (κ1) is 23.9. The first-order valence-electron chi connectivity index (χ1n) is 12.9. The number of fused-ring (bicyclic) bond motifs is 1. The zero-order valence-electron chi connectivity index (χ0n) is 20.5. The van der Waals surface area contributed by atoms with Crippen LogP contribution in [0.4, 0.5) is 0 Å². The van der Waals surface area contributed by atoms with Gasteiger partial charge in [0.2, 0.25) is 0 Å². The highest BCUT2D eigenvalue weighted by Gasteiger charge is 2.19. The Balaban J connectivity index is 1.38. The molecule has 0 bridgehead atoms. The van der Waals surface area contributed by atoms with Crippen molar-refractivity contribution in [2.24, 2.45) is 0 Å². The molecule has 1 aliphatic carbocycles. The van der Waals surface area contributed by atoms with Crippen LogP contribution >= 0.6 is 0 Å². The summed E-state index contributed by atoms with van der Waals surface area (Å²) in [7, 11) is 0. The molecular weight excluding hydrogens is 448 g/mol. The lowest BCUT2D eigenvalue weighted by Gasteiger charge is -2.25. The number of amides is 1. The third-order valence-electron chi connectivity index (χ3n) is 6.85. The van der Waals surface area contributed by atoms with Crippen molar-refractivity contribution in [3.05, 3.63) is 90.1 Å². The number of benzene rings is 3. The quantitative estimate of drug-likeness (QED) is 0.276. The van der Waals surface area contributed by atoms with E-state index in [1.807, 2.05) is 54.6 Å². The molecule has 0 saturated heterocycles. The van der Waals surface area contributed by atoms with Crippen molar-refractivity contribution >= 4 is 16.8 Å². The van der Waals surface area contributed by atoms with E-state index in [4.69, 9.17) is 4.74 Å². The maximum absolute atomic E-state index is 13.0. The van der Waals surface area contributed by atoms with Gasteiger partial charge in [0, 0.05) is 29.3 Å². The van der Waals surface area contributed by atoms with Crippen molar-refractivity contribution in [1.82, 2.24) is 10.3 Å². The lowest BCUT2D eigenvalue weighted by Crippen LogP contribution is -2.25. The van der Waals surface area contributed by atoms with Gasteiger partial charge in [0.1, 0.15) is 17.0 Å². The van der Waals surface area contributed by atoms with E-state index in [0.717, 1.165) is 47.9 Å². The second kappa shape index (κ2) is 11.3. The Morgan fingerprint density at radius 3 is 2.64 bits per heavy atom. The number of ether oxygens (including phenoxy) is 1. The highest BCUT2D eigenvalue weighted by atomic mass is 16.5. The van der Waals surface area contributed by atoms with Gasteiger partial charge in [-0.25, -0.2) is 0 Å². The van der Waals surface area contributed by atoms with Gasteiger partial charge in [-0.2, -0.15) is 0 Å². The molecule has 0 aliphatic heterocycles. The maximum Gasteiger partial charge on any atom is 0.251 e. The van der Waals surface area contributed by atoms with Crippen molar-refractivity contribution < 1.29 is 14.6 Å². The second-order valence-electron chi connectivity index (χ2n) is 9.50. The standard InChI is InChI=1S/C31H32N2O3/c34-28-21-25(19-23-12-8-17-32-30(23)28)27-20-24(15-16-29(27)36-26-13-5-2-6-14-26)31(35)33-18-7-11-22-9-3-1-4-10-22/h1,3-4,8-10,12,15-17,19-21,26,34H,2,5-7,11,13-14,18H2,(H,33,35). The number of hydrogen-bond acceptors (Lipinski definition) is 4. The van der Waals surface area contributed by atoms with E-state index in [2.05, 4.69) is 22.4 Å². The summed E-state index contributed by atoms with van der Waals surface area (Å²) in [6.45, 7) is 0.603. The molecule has 1 amide bonds. The number of carbonyl (C=O) groups excluding carboxylic acids is 1. The molecule has 0 radical (unpaired) electrons. The predicted octanol–water partition coefficient (Wildman–Crippen LogP) is 6.68. The van der Waals surface area contributed by atoms with Gasteiger partial charge in [-0.3, -0.25) is 9.78 Å². The van der Waals surface area contributed by atoms with Crippen molar-refractivity contribution in [1.29, 1.82) is 0 Å². The SMILES string of the molecule is O=C(NCCCc1ccccc1)c1ccc(OC2CCCCC2)c(-c2cc(O)c3ncccc3c2)c1. The number of aromatic nitrogens is 1. The van der Waals surface area contributed by atoms with Crippen LogP contribution in [0.1, 0.15) is 54.4 Å². The zero-order chi connectivity index (χ0) is 24.7.